The highest BCUT2D eigenvalue weighted by atomic mass is 19.1. The van der Waals surface area contributed by atoms with Crippen molar-refractivity contribution in [3.05, 3.63) is 65.0 Å². The minimum atomic E-state index is -0.653. The highest BCUT2D eigenvalue weighted by Gasteiger charge is 2.32. The fourth-order valence-electron chi connectivity index (χ4n) is 4.71. The Kier molecular flexibility index (Phi) is 10.3. The largest absolute Gasteiger partial charge is 0.347 e. The van der Waals surface area contributed by atoms with Crippen LogP contribution in [0.2, 0.25) is 0 Å². The van der Waals surface area contributed by atoms with E-state index in [4.69, 9.17) is 0 Å². The normalized spacial score (nSPS) is 16.2. The Hall–Kier alpha value is -3.46. The van der Waals surface area contributed by atoms with Crippen molar-refractivity contribution in [1.29, 1.82) is 0 Å². The van der Waals surface area contributed by atoms with E-state index in [1.807, 2.05) is 58.9 Å². The maximum Gasteiger partial charge on any atom is 0.319 e. The van der Waals surface area contributed by atoms with Gasteiger partial charge in [0.2, 0.25) is 0 Å². The standard InChI is InChI=1S/C31H44FN5O3/c1-20(2)17-33-30(40)34-26-12-11-24(16-25(26)32)29(39)37-14-13-36(27(19-37)21(3)4)18-22-9-8-10-23(15-22)28(38)35-31(5,6)7/h8-12,15-16,20-21,27H,13-14,17-19H2,1-7H3,(H,35,38)(H2,33,34,40). The number of piperazine rings is 1. The monoisotopic (exact) mass is 553 g/mol. The lowest BCUT2D eigenvalue weighted by Crippen LogP contribution is -2.56. The molecule has 0 saturated carbocycles. The zero-order valence-electron chi connectivity index (χ0n) is 24.8. The first-order valence-corrected chi connectivity index (χ1v) is 14.0. The van der Waals surface area contributed by atoms with Crippen molar-refractivity contribution in [3.63, 3.8) is 0 Å². The van der Waals surface area contributed by atoms with Crippen molar-refractivity contribution >= 4 is 23.5 Å². The Morgan fingerprint density at radius 1 is 1.00 bits per heavy atom. The molecule has 3 N–H and O–H groups in total. The molecule has 3 rings (SSSR count). The molecule has 9 heteroatoms. The topological polar surface area (TPSA) is 93.8 Å². The zero-order valence-corrected chi connectivity index (χ0v) is 24.8. The van der Waals surface area contributed by atoms with Crippen molar-refractivity contribution in [2.75, 3.05) is 31.5 Å². The third-order valence-corrected chi connectivity index (χ3v) is 6.79. The van der Waals surface area contributed by atoms with E-state index in [0.717, 1.165) is 5.56 Å². The minimum Gasteiger partial charge on any atom is -0.347 e. The lowest BCUT2D eigenvalue weighted by atomic mass is 9.97. The van der Waals surface area contributed by atoms with Gasteiger partial charge in [-0.25, -0.2) is 9.18 Å². The Balaban J connectivity index is 1.66. The van der Waals surface area contributed by atoms with Crippen LogP contribution in [0.15, 0.2) is 42.5 Å². The lowest BCUT2D eigenvalue weighted by molar-refractivity contribution is 0.0342. The summed E-state index contributed by atoms with van der Waals surface area (Å²) in [5.74, 6) is -0.442. The molecule has 1 unspecified atom stereocenters. The van der Waals surface area contributed by atoms with Crippen molar-refractivity contribution in [2.45, 2.75) is 66.6 Å². The van der Waals surface area contributed by atoms with E-state index in [2.05, 4.69) is 34.7 Å². The summed E-state index contributed by atoms with van der Waals surface area (Å²) < 4.78 is 14.8. The number of benzene rings is 2. The molecule has 1 heterocycles. The molecule has 1 aliphatic rings. The highest BCUT2D eigenvalue weighted by molar-refractivity contribution is 5.96. The van der Waals surface area contributed by atoms with Crippen LogP contribution in [0.3, 0.4) is 0 Å². The summed E-state index contributed by atoms with van der Waals surface area (Å²) in [7, 11) is 0. The van der Waals surface area contributed by atoms with Crippen LogP contribution < -0.4 is 16.0 Å². The van der Waals surface area contributed by atoms with E-state index in [0.29, 0.717) is 38.3 Å². The van der Waals surface area contributed by atoms with Crippen LogP contribution in [-0.4, -0.2) is 65.4 Å². The summed E-state index contributed by atoms with van der Waals surface area (Å²) in [4.78, 5) is 42.1. The molecular formula is C31H44FN5O3. The third-order valence-electron chi connectivity index (χ3n) is 6.79. The smallest absolute Gasteiger partial charge is 0.319 e. The van der Waals surface area contributed by atoms with E-state index in [9.17, 15) is 18.8 Å². The van der Waals surface area contributed by atoms with Crippen LogP contribution >= 0.6 is 0 Å². The van der Waals surface area contributed by atoms with Crippen LogP contribution in [0, 0.1) is 17.7 Å². The molecule has 0 aliphatic carbocycles. The summed E-state index contributed by atoms with van der Waals surface area (Å²) in [5.41, 5.74) is 1.62. The number of urea groups is 1. The zero-order chi connectivity index (χ0) is 29.6. The van der Waals surface area contributed by atoms with Gasteiger partial charge in [0.05, 0.1) is 5.69 Å². The van der Waals surface area contributed by atoms with Gasteiger partial charge in [0.15, 0.2) is 0 Å². The molecule has 1 saturated heterocycles. The summed E-state index contributed by atoms with van der Waals surface area (Å²) in [6.07, 6.45) is 0. The van der Waals surface area contributed by atoms with E-state index >= 15 is 0 Å². The van der Waals surface area contributed by atoms with E-state index in [-0.39, 0.29) is 46.5 Å². The molecule has 2 aromatic rings. The molecule has 0 bridgehead atoms. The minimum absolute atomic E-state index is 0.0288. The average molecular weight is 554 g/mol. The van der Waals surface area contributed by atoms with Gasteiger partial charge in [-0.2, -0.15) is 0 Å². The maximum atomic E-state index is 14.8. The maximum absolute atomic E-state index is 14.8. The molecule has 218 valence electrons. The molecule has 4 amide bonds. The second-order valence-corrected chi connectivity index (χ2v) is 12.4. The van der Waals surface area contributed by atoms with E-state index < -0.39 is 11.8 Å². The van der Waals surface area contributed by atoms with E-state index in [1.54, 1.807) is 11.0 Å². The van der Waals surface area contributed by atoms with Crippen LogP contribution in [0.25, 0.3) is 0 Å². The molecule has 8 nitrogen and oxygen atoms in total. The summed E-state index contributed by atoms with van der Waals surface area (Å²) in [5, 5.41) is 8.19. The van der Waals surface area contributed by atoms with Gasteiger partial charge in [-0.05, 0) is 68.5 Å². The Morgan fingerprint density at radius 3 is 2.35 bits per heavy atom. The van der Waals surface area contributed by atoms with Crippen LogP contribution in [0.5, 0.6) is 0 Å². The number of anilines is 1. The number of rotatable bonds is 8. The third kappa shape index (κ3) is 8.78. The fraction of sp³-hybridized carbons (Fsp3) is 0.516. The first kappa shape index (κ1) is 31.1. The van der Waals surface area contributed by atoms with Crippen molar-refractivity contribution in [1.82, 2.24) is 20.4 Å². The van der Waals surface area contributed by atoms with Gasteiger partial charge in [-0.15, -0.1) is 0 Å². The molecule has 0 aromatic heterocycles. The molecule has 40 heavy (non-hydrogen) atoms. The molecule has 1 atom stereocenters. The molecule has 0 radical (unpaired) electrons. The average Bonchev–Trinajstić information content (AvgIpc) is 2.87. The van der Waals surface area contributed by atoms with Crippen LogP contribution in [0.1, 0.15) is 74.7 Å². The fourth-order valence-corrected chi connectivity index (χ4v) is 4.71. The number of hydrogen-bond donors (Lipinski definition) is 3. The summed E-state index contributed by atoms with van der Waals surface area (Å²) >= 11 is 0. The molecule has 1 aliphatic heterocycles. The number of carbonyl (C=O) groups excluding carboxylic acids is 3. The molecule has 2 aromatic carbocycles. The second kappa shape index (κ2) is 13.3. The van der Waals surface area contributed by atoms with Gasteiger partial charge in [-0.3, -0.25) is 14.5 Å². The molecule has 1 fully saturated rings. The Morgan fingerprint density at radius 2 is 1.73 bits per heavy atom. The number of carbonyl (C=O) groups is 3. The van der Waals surface area contributed by atoms with Gasteiger partial charge in [0.1, 0.15) is 5.82 Å². The van der Waals surface area contributed by atoms with Gasteiger partial charge in [0.25, 0.3) is 11.8 Å². The number of nitrogens with zero attached hydrogens (tertiary/aromatic N) is 2. The summed E-state index contributed by atoms with van der Waals surface area (Å²) in [6, 6.07) is 11.4. The summed E-state index contributed by atoms with van der Waals surface area (Å²) in [6.45, 7) is 16.9. The van der Waals surface area contributed by atoms with Gasteiger partial charge >= 0.3 is 6.03 Å². The quantitative estimate of drug-likeness (QED) is 0.423. The number of halogens is 1. The second-order valence-electron chi connectivity index (χ2n) is 12.4. The number of nitrogens with one attached hydrogen (secondary N) is 3. The van der Waals surface area contributed by atoms with Gasteiger partial charge in [0, 0.05) is 55.4 Å². The SMILES string of the molecule is CC(C)CNC(=O)Nc1ccc(C(=O)N2CCN(Cc3cccc(C(=O)NC(C)(C)C)c3)C(C(C)C)C2)cc1F. The lowest BCUT2D eigenvalue weighted by Gasteiger charge is -2.43. The van der Waals surface area contributed by atoms with Gasteiger partial charge < -0.3 is 20.9 Å². The highest BCUT2D eigenvalue weighted by Crippen LogP contribution is 2.23. The van der Waals surface area contributed by atoms with Crippen molar-refractivity contribution in [3.8, 4) is 0 Å². The van der Waals surface area contributed by atoms with Crippen molar-refractivity contribution in [2.24, 2.45) is 11.8 Å². The predicted octanol–water partition coefficient (Wildman–Crippen LogP) is 5.11. The van der Waals surface area contributed by atoms with Crippen molar-refractivity contribution < 1.29 is 18.8 Å². The first-order valence-electron chi connectivity index (χ1n) is 14.0. The number of hydrogen-bond acceptors (Lipinski definition) is 4. The number of amides is 4. The Labute approximate surface area is 237 Å². The van der Waals surface area contributed by atoms with Gasteiger partial charge in [-0.1, -0.05) is 39.8 Å². The Bertz CT molecular complexity index is 1210. The molecule has 0 spiro atoms. The predicted molar refractivity (Wildman–Crippen MR) is 157 cm³/mol. The first-order chi connectivity index (χ1) is 18.7. The molecular weight excluding hydrogens is 509 g/mol. The van der Waals surface area contributed by atoms with Crippen LogP contribution in [-0.2, 0) is 6.54 Å². The van der Waals surface area contributed by atoms with E-state index in [1.165, 1.54) is 12.1 Å². The van der Waals surface area contributed by atoms with Crippen LogP contribution in [0.4, 0.5) is 14.9 Å².